The molecule has 25 heavy (non-hydrogen) atoms. The molecule has 0 bridgehead atoms. The number of anilines is 1. The van der Waals surface area contributed by atoms with E-state index in [1.165, 1.54) is 12.1 Å². The van der Waals surface area contributed by atoms with Gasteiger partial charge in [0.05, 0.1) is 21.5 Å². The molecule has 7 nitrogen and oxygen atoms in total. The summed E-state index contributed by atoms with van der Waals surface area (Å²) in [4.78, 5) is 22.0. The van der Waals surface area contributed by atoms with Crippen LogP contribution in [0.1, 0.15) is 29.5 Å². The average molecular weight is 337 g/mol. The number of rotatable bonds is 3. The van der Waals surface area contributed by atoms with Crippen LogP contribution in [0.25, 0.3) is 0 Å². The highest BCUT2D eigenvalue weighted by atomic mass is 16.6. The second-order valence-electron chi connectivity index (χ2n) is 6.29. The maximum Gasteiger partial charge on any atom is 0.292 e. The highest BCUT2D eigenvalue weighted by Crippen LogP contribution is 2.52. The predicted molar refractivity (Wildman–Crippen MR) is 92.5 cm³/mol. The molecule has 126 valence electrons. The average Bonchev–Trinajstić information content (AvgIpc) is 3.10. The van der Waals surface area contributed by atoms with E-state index >= 15 is 0 Å². The predicted octanol–water partition coefficient (Wildman–Crippen LogP) is 4.33. The molecule has 0 fully saturated rings. The Labute approximate surface area is 143 Å². The third-order valence-electron chi connectivity index (χ3n) is 5.04. The topological polar surface area (TPSA) is 98.3 Å². The minimum absolute atomic E-state index is 0.000154. The van der Waals surface area contributed by atoms with Crippen LogP contribution in [-0.4, -0.2) is 9.85 Å². The Morgan fingerprint density at radius 2 is 1.60 bits per heavy atom. The Morgan fingerprint density at radius 1 is 0.920 bits per heavy atom. The monoisotopic (exact) mass is 337 g/mol. The number of para-hydroxylation sites is 2. The molecule has 1 aliphatic heterocycles. The molecular formula is C18H15N3O4. The highest BCUT2D eigenvalue weighted by Gasteiger charge is 2.42. The molecule has 4 rings (SSSR count). The SMILES string of the molecule is O=[N+]([O-])c1ccccc1[C@@H]1Nc2c(cccc2[N+](=O)[O-])[C@@H]2C=CC[C@H]21. The van der Waals surface area contributed by atoms with Crippen molar-refractivity contribution in [3.8, 4) is 0 Å². The Bertz CT molecular complexity index is 909. The van der Waals surface area contributed by atoms with Gasteiger partial charge in [-0.3, -0.25) is 20.2 Å². The Balaban J connectivity index is 1.88. The summed E-state index contributed by atoms with van der Waals surface area (Å²) in [5, 5.41) is 26.1. The van der Waals surface area contributed by atoms with E-state index in [2.05, 4.69) is 11.4 Å². The minimum atomic E-state index is -0.415. The number of fused-ring (bicyclic) bond motifs is 3. The molecule has 0 radical (unpaired) electrons. The van der Waals surface area contributed by atoms with Gasteiger partial charge in [-0.1, -0.05) is 42.5 Å². The normalized spacial score (nSPS) is 23.4. The van der Waals surface area contributed by atoms with Gasteiger partial charge in [-0.15, -0.1) is 0 Å². The summed E-state index contributed by atoms with van der Waals surface area (Å²) in [6, 6.07) is 11.3. The summed E-state index contributed by atoms with van der Waals surface area (Å²) in [5.41, 5.74) is 1.94. The van der Waals surface area contributed by atoms with Crippen LogP contribution in [0.2, 0.25) is 0 Å². The van der Waals surface area contributed by atoms with Crippen molar-refractivity contribution in [3.05, 3.63) is 86.0 Å². The van der Waals surface area contributed by atoms with Crippen molar-refractivity contribution in [1.29, 1.82) is 0 Å². The van der Waals surface area contributed by atoms with Gasteiger partial charge in [0.2, 0.25) is 0 Å². The van der Waals surface area contributed by atoms with Gasteiger partial charge >= 0.3 is 0 Å². The number of hydrogen-bond donors (Lipinski definition) is 1. The number of hydrogen-bond acceptors (Lipinski definition) is 5. The summed E-state index contributed by atoms with van der Waals surface area (Å²) >= 11 is 0. The molecule has 2 aliphatic rings. The van der Waals surface area contributed by atoms with Crippen LogP contribution in [0.5, 0.6) is 0 Å². The molecule has 2 aromatic rings. The molecule has 0 saturated heterocycles. The zero-order chi connectivity index (χ0) is 17.6. The quantitative estimate of drug-likeness (QED) is 0.510. The summed E-state index contributed by atoms with van der Waals surface area (Å²) in [6.07, 6.45) is 4.87. The highest BCUT2D eigenvalue weighted by molar-refractivity contribution is 5.71. The molecule has 1 heterocycles. The molecule has 0 aromatic heterocycles. The zero-order valence-electron chi connectivity index (χ0n) is 13.2. The third-order valence-corrected chi connectivity index (χ3v) is 5.04. The van der Waals surface area contributed by atoms with Crippen molar-refractivity contribution in [2.75, 3.05) is 5.32 Å². The van der Waals surface area contributed by atoms with Crippen molar-refractivity contribution in [2.24, 2.45) is 5.92 Å². The fraction of sp³-hybridized carbons (Fsp3) is 0.222. The van der Waals surface area contributed by atoms with Gasteiger partial charge in [-0.25, -0.2) is 0 Å². The molecule has 0 unspecified atom stereocenters. The Hall–Kier alpha value is -3.22. The van der Waals surface area contributed by atoms with Gasteiger partial charge in [-0.05, 0) is 17.9 Å². The summed E-state index contributed by atoms with van der Waals surface area (Å²) < 4.78 is 0. The Kier molecular flexibility index (Phi) is 3.49. The van der Waals surface area contributed by atoms with Crippen molar-refractivity contribution in [3.63, 3.8) is 0 Å². The molecule has 3 atom stereocenters. The second kappa shape index (κ2) is 5.70. The van der Waals surface area contributed by atoms with Gasteiger partial charge in [0.15, 0.2) is 0 Å². The largest absolute Gasteiger partial charge is 0.372 e. The first-order chi connectivity index (χ1) is 12.1. The zero-order valence-corrected chi connectivity index (χ0v) is 13.2. The lowest BCUT2D eigenvalue weighted by atomic mass is 9.76. The van der Waals surface area contributed by atoms with Crippen molar-refractivity contribution in [2.45, 2.75) is 18.4 Å². The van der Waals surface area contributed by atoms with Gasteiger partial charge < -0.3 is 5.32 Å². The molecule has 1 N–H and O–H groups in total. The fourth-order valence-corrected chi connectivity index (χ4v) is 3.98. The van der Waals surface area contributed by atoms with E-state index in [-0.39, 0.29) is 29.3 Å². The third kappa shape index (κ3) is 2.36. The van der Waals surface area contributed by atoms with Crippen molar-refractivity contribution in [1.82, 2.24) is 0 Å². The number of nitrogens with zero attached hydrogens (tertiary/aromatic N) is 2. The lowest BCUT2D eigenvalue weighted by Crippen LogP contribution is -2.30. The molecule has 0 spiro atoms. The summed E-state index contributed by atoms with van der Waals surface area (Å²) in [7, 11) is 0. The van der Waals surface area contributed by atoms with E-state index in [0.717, 1.165) is 12.0 Å². The number of allylic oxidation sites excluding steroid dienone is 2. The molecular weight excluding hydrogens is 322 g/mol. The standard InChI is InChI=1S/C18H15N3O4/c22-20(23)15-9-2-1-5-14(15)17-12-7-3-6-11(12)13-8-4-10-16(21(24)25)18(13)19-17/h1-6,8-12,17,19H,7H2/t11-,12-,17-/m1/s1. The van der Waals surface area contributed by atoms with Gasteiger partial charge in [0.25, 0.3) is 11.4 Å². The maximum atomic E-state index is 11.4. The molecule has 7 heteroatoms. The fourth-order valence-electron chi connectivity index (χ4n) is 3.98. The molecule has 2 aromatic carbocycles. The van der Waals surface area contributed by atoms with E-state index < -0.39 is 9.85 Å². The first-order valence-electron chi connectivity index (χ1n) is 8.01. The second-order valence-corrected chi connectivity index (χ2v) is 6.29. The Morgan fingerprint density at radius 3 is 2.36 bits per heavy atom. The van der Waals surface area contributed by atoms with Crippen molar-refractivity contribution < 1.29 is 9.85 Å². The number of nitrogens with one attached hydrogen (secondary N) is 1. The van der Waals surface area contributed by atoms with E-state index in [0.29, 0.717) is 11.3 Å². The van der Waals surface area contributed by atoms with E-state index in [9.17, 15) is 20.2 Å². The minimum Gasteiger partial charge on any atom is -0.372 e. The first-order valence-corrected chi connectivity index (χ1v) is 8.01. The van der Waals surface area contributed by atoms with Crippen LogP contribution in [0.15, 0.2) is 54.6 Å². The van der Waals surface area contributed by atoms with Gasteiger partial charge in [0, 0.05) is 18.1 Å². The maximum absolute atomic E-state index is 11.4. The van der Waals surface area contributed by atoms with Crippen LogP contribution < -0.4 is 5.32 Å². The molecule has 1 aliphatic carbocycles. The van der Waals surface area contributed by atoms with Crippen LogP contribution >= 0.6 is 0 Å². The van der Waals surface area contributed by atoms with Crippen molar-refractivity contribution >= 4 is 17.1 Å². The molecule has 0 saturated carbocycles. The number of nitro benzene ring substituents is 2. The van der Waals surface area contributed by atoms with Gasteiger partial charge in [-0.2, -0.15) is 0 Å². The molecule has 0 amide bonds. The first kappa shape index (κ1) is 15.3. The number of benzene rings is 2. The summed E-state index contributed by atoms with van der Waals surface area (Å²) in [6.45, 7) is 0. The van der Waals surface area contributed by atoms with E-state index in [4.69, 9.17) is 0 Å². The van der Waals surface area contributed by atoms with Gasteiger partial charge in [0.1, 0.15) is 5.69 Å². The smallest absolute Gasteiger partial charge is 0.292 e. The number of nitro groups is 2. The van der Waals surface area contributed by atoms with Crippen LogP contribution in [0.4, 0.5) is 17.1 Å². The van der Waals surface area contributed by atoms with Crippen LogP contribution in [0, 0.1) is 26.1 Å². The van der Waals surface area contributed by atoms with Crippen LogP contribution in [0.3, 0.4) is 0 Å². The van der Waals surface area contributed by atoms with E-state index in [1.54, 1.807) is 24.3 Å². The lowest BCUT2D eigenvalue weighted by molar-refractivity contribution is -0.386. The van der Waals surface area contributed by atoms with E-state index in [1.807, 2.05) is 12.1 Å². The lowest BCUT2D eigenvalue weighted by Gasteiger charge is -2.36. The summed E-state index contributed by atoms with van der Waals surface area (Å²) in [5.74, 6) is 0.108. The van der Waals surface area contributed by atoms with Crippen LogP contribution in [-0.2, 0) is 0 Å².